The van der Waals surface area contributed by atoms with Crippen LogP contribution in [0.5, 0.6) is 0 Å². The molecule has 0 amide bonds. The molecule has 0 bridgehead atoms. The van der Waals surface area contributed by atoms with Crippen LogP contribution in [0.2, 0.25) is 0 Å². The van der Waals surface area contributed by atoms with Crippen LogP contribution in [0.4, 0.5) is 11.5 Å². The van der Waals surface area contributed by atoms with E-state index < -0.39 is 6.10 Å². The Morgan fingerprint density at radius 2 is 2.16 bits per heavy atom. The van der Waals surface area contributed by atoms with E-state index in [4.69, 9.17) is 16.6 Å². The third-order valence-electron chi connectivity index (χ3n) is 3.11. The van der Waals surface area contributed by atoms with Crippen molar-refractivity contribution in [3.63, 3.8) is 0 Å². The molecule has 2 atom stereocenters. The normalized spacial score (nSPS) is 22.9. The van der Waals surface area contributed by atoms with Crippen LogP contribution < -0.4 is 16.8 Å². The number of aliphatic hydroxyl groups excluding tert-OH is 2. The molecule has 0 aromatic carbocycles. The lowest BCUT2D eigenvalue weighted by Crippen LogP contribution is -2.30. The van der Waals surface area contributed by atoms with Crippen LogP contribution in [-0.4, -0.2) is 38.7 Å². The van der Waals surface area contributed by atoms with Gasteiger partial charge in [0.05, 0.1) is 37.2 Å². The summed E-state index contributed by atoms with van der Waals surface area (Å²) in [5, 5.41) is 25.7. The van der Waals surface area contributed by atoms with E-state index in [1.54, 1.807) is 12.3 Å². The smallest absolute Gasteiger partial charge is 0.145 e. The fourth-order valence-electron chi connectivity index (χ4n) is 1.95. The molecule has 0 saturated heterocycles. The molecule has 0 saturated carbocycles. The largest absolute Gasteiger partial charge is 0.400 e. The number of nitrogens with one attached hydrogen (secondary N) is 1. The number of anilines is 2. The summed E-state index contributed by atoms with van der Waals surface area (Å²) in [5.41, 5.74) is 13.8. The molecule has 1 heterocycles. The molecule has 7 nitrogen and oxygen atoms in total. The molecule has 7 N–H and O–H groups in total. The van der Waals surface area contributed by atoms with E-state index in [9.17, 15) is 5.11 Å². The molecule has 1 aliphatic rings. The molecule has 2 rings (SSSR count). The molecule has 7 heteroatoms. The van der Waals surface area contributed by atoms with E-state index in [1.165, 1.54) is 4.68 Å². The zero-order chi connectivity index (χ0) is 14.0. The summed E-state index contributed by atoms with van der Waals surface area (Å²) in [5.74, 6) is 0.444. The van der Waals surface area contributed by atoms with Crippen molar-refractivity contribution in [2.24, 2.45) is 5.73 Å². The van der Waals surface area contributed by atoms with Gasteiger partial charge in [-0.15, -0.1) is 0 Å². The summed E-state index contributed by atoms with van der Waals surface area (Å²) < 4.78 is 1.51. The zero-order valence-electron chi connectivity index (χ0n) is 10.7. The third-order valence-corrected chi connectivity index (χ3v) is 3.11. The Labute approximate surface area is 111 Å². The average Bonchev–Trinajstić information content (AvgIpc) is 2.69. The summed E-state index contributed by atoms with van der Waals surface area (Å²) in [7, 11) is 0. The quantitative estimate of drug-likeness (QED) is 0.463. The first-order valence-electron chi connectivity index (χ1n) is 6.05. The van der Waals surface area contributed by atoms with E-state index in [2.05, 4.69) is 10.4 Å². The van der Waals surface area contributed by atoms with E-state index in [0.717, 1.165) is 5.57 Å². The van der Waals surface area contributed by atoms with Crippen molar-refractivity contribution in [3.8, 4) is 0 Å². The Morgan fingerprint density at radius 3 is 2.84 bits per heavy atom. The van der Waals surface area contributed by atoms with Crippen molar-refractivity contribution in [1.29, 1.82) is 0 Å². The van der Waals surface area contributed by atoms with Crippen LogP contribution in [0.3, 0.4) is 0 Å². The lowest BCUT2D eigenvalue weighted by Gasteiger charge is -2.23. The molecule has 0 fully saturated rings. The molecule has 104 valence electrons. The highest BCUT2D eigenvalue weighted by molar-refractivity contribution is 5.63. The number of aliphatic hydroxyl groups is 2. The van der Waals surface area contributed by atoms with Gasteiger partial charge in [0.15, 0.2) is 0 Å². The maximum Gasteiger partial charge on any atom is 0.145 e. The van der Waals surface area contributed by atoms with E-state index in [-0.39, 0.29) is 12.6 Å². The molecular formula is C12H19N5O2. The lowest BCUT2D eigenvalue weighted by molar-refractivity contribution is 0.255. The maximum absolute atomic E-state index is 9.64. The second kappa shape index (κ2) is 5.33. The fraction of sp³-hybridized carbons (Fsp3) is 0.417. The molecule has 1 aromatic rings. The summed E-state index contributed by atoms with van der Waals surface area (Å²) in [6.07, 6.45) is 4.41. The van der Waals surface area contributed by atoms with Crippen molar-refractivity contribution in [1.82, 2.24) is 9.78 Å². The summed E-state index contributed by atoms with van der Waals surface area (Å²) in [4.78, 5) is 0. The van der Waals surface area contributed by atoms with Gasteiger partial charge in [-0.05, 0) is 18.6 Å². The SMILES string of the molecule is CC1=CC(Nc2cnn(CCO)c2N)C(N)=CC1O. The van der Waals surface area contributed by atoms with Gasteiger partial charge >= 0.3 is 0 Å². The molecule has 2 unspecified atom stereocenters. The van der Waals surface area contributed by atoms with Gasteiger partial charge in [0, 0.05) is 5.70 Å². The first-order chi connectivity index (χ1) is 9.02. The predicted octanol–water partition coefficient (Wildman–Crippen LogP) is -0.598. The highest BCUT2D eigenvalue weighted by Crippen LogP contribution is 2.23. The molecule has 1 aliphatic carbocycles. The highest BCUT2D eigenvalue weighted by atomic mass is 16.3. The maximum atomic E-state index is 9.64. The topological polar surface area (TPSA) is 122 Å². The molecule has 0 radical (unpaired) electrons. The van der Waals surface area contributed by atoms with Crippen LogP contribution in [0.25, 0.3) is 0 Å². The fourth-order valence-corrected chi connectivity index (χ4v) is 1.95. The number of aromatic nitrogens is 2. The van der Waals surface area contributed by atoms with Crippen LogP contribution >= 0.6 is 0 Å². The number of rotatable bonds is 4. The zero-order valence-corrected chi connectivity index (χ0v) is 10.7. The minimum Gasteiger partial charge on any atom is -0.400 e. The molecule has 19 heavy (non-hydrogen) atoms. The van der Waals surface area contributed by atoms with Crippen molar-refractivity contribution in [2.45, 2.75) is 25.6 Å². The van der Waals surface area contributed by atoms with Crippen LogP contribution in [-0.2, 0) is 6.54 Å². The Bertz CT molecular complexity index is 520. The number of nitrogen functional groups attached to an aromatic ring is 1. The van der Waals surface area contributed by atoms with Crippen molar-refractivity contribution in [2.75, 3.05) is 17.7 Å². The Morgan fingerprint density at radius 1 is 1.42 bits per heavy atom. The van der Waals surface area contributed by atoms with E-state index in [1.807, 2.05) is 13.0 Å². The lowest BCUT2D eigenvalue weighted by atomic mass is 9.98. The Kier molecular flexibility index (Phi) is 3.77. The monoisotopic (exact) mass is 265 g/mol. The van der Waals surface area contributed by atoms with Gasteiger partial charge < -0.3 is 27.0 Å². The van der Waals surface area contributed by atoms with E-state index in [0.29, 0.717) is 23.7 Å². The first-order valence-corrected chi connectivity index (χ1v) is 6.05. The van der Waals surface area contributed by atoms with Crippen molar-refractivity contribution < 1.29 is 10.2 Å². The summed E-state index contributed by atoms with van der Waals surface area (Å²) >= 11 is 0. The summed E-state index contributed by atoms with van der Waals surface area (Å²) in [6.45, 7) is 2.15. The van der Waals surface area contributed by atoms with Gasteiger partial charge in [-0.1, -0.05) is 6.08 Å². The van der Waals surface area contributed by atoms with Gasteiger partial charge in [-0.2, -0.15) is 5.10 Å². The van der Waals surface area contributed by atoms with Crippen LogP contribution in [0.15, 0.2) is 29.6 Å². The minimum absolute atomic E-state index is 0.0258. The standard InChI is InChI=1S/C12H19N5O2/c1-7-4-9(8(13)5-11(7)19)16-10-6-15-17(2-3-18)12(10)14/h4-6,9,11,16,18-19H,2-3,13-14H2,1H3. The molecular weight excluding hydrogens is 246 g/mol. The first kappa shape index (κ1) is 13.4. The number of nitrogens with two attached hydrogens (primary N) is 2. The highest BCUT2D eigenvalue weighted by Gasteiger charge is 2.20. The number of hydrogen-bond donors (Lipinski definition) is 5. The van der Waals surface area contributed by atoms with E-state index >= 15 is 0 Å². The van der Waals surface area contributed by atoms with Crippen LogP contribution in [0, 0.1) is 0 Å². The Balaban J connectivity index is 2.15. The van der Waals surface area contributed by atoms with Crippen LogP contribution in [0.1, 0.15) is 6.92 Å². The number of hydrogen-bond acceptors (Lipinski definition) is 6. The van der Waals surface area contributed by atoms with Gasteiger partial charge in [0.1, 0.15) is 5.82 Å². The number of nitrogens with zero attached hydrogens (tertiary/aromatic N) is 2. The second-order valence-electron chi connectivity index (χ2n) is 4.53. The van der Waals surface area contributed by atoms with Gasteiger partial charge in [0.25, 0.3) is 0 Å². The average molecular weight is 265 g/mol. The molecule has 0 aliphatic heterocycles. The van der Waals surface area contributed by atoms with Crippen molar-refractivity contribution >= 4 is 11.5 Å². The third kappa shape index (κ3) is 2.72. The van der Waals surface area contributed by atoms with Crippen molar-refractivity contribution in [3.05, 3.63) is 29.6 Å². The predicted molar refractivity (Wildman–Crippen MR) is 73.2 cm³/mol. The summed E-state index contributed by atoms with van der Waals surface area (Å²) in [6, 6.07) is -0.225. The minimum atomic E-state index is -0.632. The van der Waals surface area contributed by atoms with Gasteiger partial charge in [0.2, 0.25) is 0 Å². The second-order valence-corrected chi connectivity index (χ2v) is 4.53. The van der Waals surface area contributed by atoms with Gasteiger partial charge in [-0.25, -0.2) is 4.68 Å². The molecule has 1 aromatic heterocycles. The molecule has 0 spiro atoms. The Hall–Kier alpha value is -1.99. The van der Waals surface area contributed by atoms with Gasteiger partial charge in [-0.3, -0.25) is 0 Å².